The molecule has 0 unspecified atom stereocenters. The van der Waals surface area contributed by atoms with Crippen molar-refractivity contribution in [2.45, 2.75) is 0 Å². The molecular weight excluding hydrogens is 1730 g/mol. The van der Waals surface area contributed by atoms with E-state index in [4.69, 9.17) is 38.7 Å². The lowest BCUT2D eigenvalue weighted by Gasteiger charge is -2.13. The molecule has 0 N–H and O–H groups in total. The van der Waals surface area contributed by atoms with E-state index in [9.17, 15) is 0 Å². The lowest BCUT2D eigenvalue weighted by Crippen LogP contribution is -1.96. The van der Waals surface area contributed by atoms with Crippen LogP contribution in [0.4, 0.5) is 0 Å². The molecule has 0 aliphatic rings. The molecule has 29 aromatic rings. The molecule has 6 heterocycles. The molecule has 0 bridgehead atoms. The van der Waals surface area contributed by atoms with Crippen molar-refractivity contribution in [1.82, 2.24) is 29.9 Å². The maximum absolute atomic E-state index is 6.46. The Bertz CT molecular complexity index is 9570. The van der Waals surface area contributed by atoms with Gasteiger partial charge in [0, 0.05) is 80.7 Å². The first kappa shape index (κ1) is 82.0. The van der Waals surface area contributed by atoms with Crippen molar-refractivity contribution in [2.75, 3.05) is 0 Å². The third kappa shape index (κ3) is 14.5. The van der Waals surface area contributed by atoms with Crippen LogP contribution in [-0.4, -0.2) is 29.9 Å². The van der Waals surface area contributed by atoms with Crippen molar-refractivity contribution < 1.29 is 8.83 Å². The summed E-state index contributed by atoms with van der Waals surface area (Å²) in [4.78, 5) is 31.4. The second kappa shape index (κ2) is 34.4. The van der Waals surface area contributed by atoms with Gasteiger partial charge in [0.1, 0.15) is 22.3 Å². The molecule has 29 rings (SSSR count). The summed E-state index contributed by atoms with van der Waals surface area (Å²) in [5, 5.41) is 29.3. The molecule has 0 aliphatic carbocycles. The Morgan fingerprint density at radius 3 is 0.716 bits per heavy atom. The van der Waals surface area contributed by atoms with Gasteiger partial charge in [-0.05, 0) is 192 Å². The molecule has 9 heteroatoms. The Labute approximate surface area is 814 Å². The minimum atomic E-state index is 0.632. The minimum absolute atomic E-state index is 0.632. The van der Waals surface area contributed by atoms with Crippen molar-refractivity contribution in [2.24, 2.45) is 0 Å². The van der Waals surface area contributed by atoms with Crippen LogP contribution in [0.25, 0.3) is 285 Å². The van der Waals surface area contributed by atoms with Gasteiger partial charge in [0.15, 0.2) is 17.5 Å². The van der Waals surface area contributed by atoms with Crippen LogP contribution in [0.1, 0.15) is 0 Å². The fourth-order valence-corrected chi connectivity index (χ4v) is 22.3. The first-order valence-electron chi connectivity index (χ1n) is 47.7. The van der Waals surface area contributed by atoms with E-state index in [0.717, 1.165) is 134 Å². The average molecular weight is 1810 g/mol. The fraction of sp³-hybridized carbons (Fsp3) is 0. The van der Waals surface area contributed by atoms with E-state index in [0.29, 0.717) is 11.6 Å². The van der Waals surface area contributed by atoms with Crippen LogP contribution >= 0.6 is 11.3 Å². The van der Waals surface area contributed by atoms with Gasteiger partial charge < -0.3 is 8.83 Å². The van der Waals surface area contributed by atoms with Crippen molar-refractivity contribution in [3.63, 3.8) is 0 Å². The van der Waals surface area contributed by atoms with Gasteiger partial charge in [-0.2, -0.15) is 0 Å². The van der Waals surface area contributed by atoms with Crippen LogP contribution in [0.3, 0.4) is 0 Å². The van der Waals surface area contributed by atoms with Crippen LogP contribution < -0.4 is 0 Å². The standard InChI is InChI=1S/C46H28N2O.C46H28N2S.C40H24N2O/c2*1-2-11-29(12-3-1)30-21-23-31(24-22-30)42-28-43(48-46(47-42)40-19-10-18-39-38-17-8-9-20-44(38)49-45(39)40)32-25-26-37-35-15-5-4-13-33(35)34-14-6-7-16-36(34)41(37)27-32;1-2-11-25(12-3-1)36-24-37(42-40(41-36)34-19-10-18-33-32-17-8-9-20-38(32)43-39(33)34)26-21-22-31-29-15-5-4-13-27(29)28-14-6-7-16-30(28)35(31)23-26/h2*1-28H;1-24H. The molecule has 23 aromatic carbocycles. The summed E-state index contributed by atoms with van der Waals surface area (Å²) >= 11 is 1.81. The predicted molar refractivity (Wildman–Crippen MR) is 591 cm³/mol. The third-order valence-electron chi connectivity index (χ3n) is 27.9. The molecule has 0 fully saturated rings. The lowest BCUT2D eigenvalue weighted by atomic mass is 9.92. The summed E-state index contributed by atoms with van der Waals surface area (Å²) in [5.41, 5.74) is 22.4. The van der Waals surface area contributed by atoms with E-state index in [1.165, 1.54) is 139 Å². The van der Waals surface area contributed by atoms with E-state index in [2.05, 4.69) is 425 Å². The zero-order valence-corrected chi connectivity index (χ0v) is 76.9. The first-order valence-corrected chi connectivity index (χ1v) is 48.5. The number of hydrogen-bond acceptors (Lipinski definition) is 9. The number of para-hydroxylation sites is 4. The van der Waals surface area contributed by atoms with Gasteiger partial charge >= 0.3 is 0 Å². The Morgan fingerprint density at radius 1 is 0.142 bits per heavy atom. The second-order valence-electron chi connectivity index (χ2n) is 36.0. The quantitative estimate of drug-likeness (QED) is 0.118. The van der Waals surface area contributed by atoms with Crippen LogP contribution in [0.2, 0.25) is 0 Å². The van der Waals surface area contributed by atoms with Gasteiger partial charge in [0.2, 0.25) is 0 Å². The Hall–Kier alpha value is -18.5. The van der Waals surface area contributed by atoms with E-state index in [-0.39, 0.29) is 0 Å². The average Bonchev–Trinajstić information content (AvgIpc) is 1.74. The Kier molecular flexibility index (Phi) is 20.0. The van der Waals surface area contributed by atoms with E-state index in [1.54, 1.807) is 0 Å². The summed E-state index contributed by atoms with van der Waals surface area (Å²) < 4.78 is 15.3. The van der Waals surface area contributed by atoms with E-state index < -0.39 is 0 Å². The summed E-state index contributed by atoms with van der Waals surface area (Å²) in [6.07, 6.45) is 0. The summed E-state index contributed by atoms with van der Waals surface area (Å²) in [6.45, 7) is 0. The minimum Gasteiger partial charge on any atom is -0.455 e. The summed E-state index contributed by atoms with van der Waals surface area (Å²) in [7, 11) is 0. The van der Waals surface area contributed by atoms with Gasteiger partial charge in [-0.25, -0.2) is 29.9 Å². The highest BCUT2D eigenvalue weighted by molar-refractivity contribution is 7.26. The highest BCUT2D eigenvalue weighted by atomic mass is 32.1. The van der Waals surface area contributed by atoms with Crippen molar-refractivity contribution in [3.8, 4) is 124 Å². The molecule has 8 nitrogen and oxygen atoms in total. The van der Waals surface area contributed by atoms with Gasteiger partial charge in [0.05, 0.1) is 45.3 Å². The molecule has 0 aliphatic heterocycles. The fourth-order valence-electron chi connectivity index (χ4n) is 21.1. The van der Waals surface area contributed by atoms with Crippen LogP contribution in [0.5, 0.6) is 0 Å². The zero-order chi connectivity index (χ0) is 93.0. The normalized spacial score (nSPS) is 11.7. The highest BCUT2D eigenvalue weighted by Crippen LogP contribution is 2.47. The Morgan fingerprint density at radius 2 is 0.369 bits per heavy atom. The van der Waals surface area contributed by atoms with Gasteiger partial charge in [-0.3, -0.25) is 0 Å². The molecule has 0 saturated heterocycles. The molecule has 0 atom stereocenters. The largest absolute Gasteiger partial charge is 0.455 e. The third-order valence-corrected chi connectivity index (χ3v) is 29.1. The zero-order valence-electron chi connectivity index (χ0n) is 76.1. The number of hydrogen-bond donors (Lipinski definition) is 0. The number of fused-ring (bicyclic) bond motifs is 27. The first-order chi connectivity index (χ1) is 69.9. The van der Waals surface area contributed by atoms with Gasteiger partial charge in [0.25, 0.3) is 0 Å². The topological polar surface area (TPSA) is 104 Å². The smallest absolute Gasteiger partial charge is 0.164 e. The van der Waals surface area contributed by atoms with Gasteiger partial charge in [-0.15, -0.1) is 11.3 Å². The van der Waals surface area contributed by atoms with Crippen molar-refractivity contribution in [3.05, 3.63) is 485 Å². The van der Waals surface area contributed by atoms with E-state index in [1.807, 2.05) is 72.0 Å². The van der Waals surface area contributed by atoms with Crippen LogP contribution in [-0.2, 0) is 0 Å². The molecule has 6 aromatic heterocycles. The predicted octanol–water partition coefficient (Wildman–Crippen LogP) is 36.3. The highest BCUT2D eigenvalue weighted by Gasteiger charge is 2.24. The van der Waals surface area contributed by atoms with Crippen LogP contribution in [0.15, 0.2) is 494 Å². The SMILES string of the molecule is c1ccc(-c2cc(-c3ccc4c5ccccc5c5ccccc5c4c3)nc(-c3cccc4c3oc3ccccc34)n2)cc1.c1ccc(-c2ccc(-c3cc(-c4ccc5c6ccccc6c6ccccc6c5c4)nc(-c4cccc5c4oc4ccccc45)n3)cc2)cc1.c1ccc(-c2ccc(-c3cc(-c4ccc5c6ccccc6c6ccccc6c5c4)nc(-c4cccc5c4sc4ccccc45)n3)cc2)cc1. The maximum Gasteiger partial charge on any atom is 0.164 e. The number of aromatic nitrogens is 6. The second-order valence-corrected chi connectivity index (χ2v) is 37.1. The lowest BCUT2D eigenvalue weighted by molar-refractivity contribution is 0.669. The molecule has 0 spiro atoms. The molecular formula is C132H80N6O2S. The van der Waals surface area contributed by atoms with E-state index >= 15 is 0 Å². The van der Waals surface area contributed by atoms with Crippen molar-refractivity contribution >= 4 is 172 Å². The molecule has 141 heavy (non-hydrogen) atoms. The number of nitrogens with zero attached hydrogens (tertiary/aromatic N) is 6. The van der Waals surface area contributed by atoms with Gasteiger partial charge in [-0.1, -0.05) is 413 Å². The number of thiophene rings is 1. The Balaban J connectivity index is 0.000000106. The summed E-state index contributed by atoms with van der Waals surface area (Å²) in [5.74, 6) is 2.01. The molecule has 656 valence electrons. The number of benzene rings is 23. The van der Waals surface area contributed by atoms with Crippen molar-refractivity contribution in [1.29, 1.82) is 0 Å². The monoisotopic (exact) mass is 1810 g/mol. The molecule has 0 amide bonds. The number of furan rings is 2. The summed E-state index contributed by atoms with van der Waals surface area (Å²) in [6, 6.07) is 171. The number of rotatable bonds is 11. The maximum atomic E-state index is 6.46. The molecule has 0 radical (unpaired) electrons. The molecule has 0 saturated carbocycles. The van der Waals surface area contributed by atoms with Crippen LogP contribution in [0, 0.1) is 0 Å².